The molecule has 1 saturated heterocycles. The fourth-order valence-corrected chi connectivity index (χ4v) is 3.83. The van der Waals surface area contributed by atoms with Gasteiger partial charge in [-0.2, -0.15) is 0 Å². The molecule has 1 N–H and O–H groups in total. The van der Waals surface area contributed by atoms with E-state index in [2.05, 4.69) is 0 Å². The Labute approximate surface area is 189 Å². The third-order valence-corrected chi connectivity index (χ3v) is 5.48. The molecule has 0 bridgehead atoms. The molecule has 3 aromatic rings. The zero-order valence-electron chi connectivity index (χ0n) is 18.1. The highest BCUT2D eigenvalue weighted by Crippen LogP contribution is 2.27. The largest absolute Gasteiger partial charge is 0.374 e. The van der Waals surface area contributed by atoms with Crippen LogP contribution in [0, 0.1) is 0 Å². The lowest BCUT2D eigenvalue weighted by atomic mass is 10.0. The van der Waals surface area contributed by atoms with Crippen LogP contribution in [0.15, 0.2) is 91.0 Å². The predicted octanol–water partition coefficient (Wildman–Crippen LogP) is 4.48. The summed E-state index contributed by atoms with van der Waals surface area (Å²) < 4.78 is 24.3. The monoisotopic (exact) mass is 434 g/mol. The first-order chi connectivity index (χ1) is 15.8. The van der Waals surface area contributed by atoms with Gasteiger partial charge >= 0.3 is 0 Å². The van der Waals surface area contributed by atoms with Gasteiger partial charge in [0.25, 0.3) is 0 Å². The molecular weight excluding hydrogens is 404 g/mol. The molecule has 3 aromatic carbocycles. The Morgan fingerprint density at radius 3 is 1.75 bits per heavy atom. The number of benzene rings is 3. The van der Waals surface area contributed by atoms with E-state index in [4.69, 9.17) is 18.9 Å². The zero-order valence-corrected chi connectivity index (χ0v) is 18.1. The lowest BCUT2D eigenvalue weighted by Gasteiger charge is -2.39. The molecule has 1 heterocycles. The first kappa shape index (κ1) is 22.6. The fraction of sp³-hybridized carbons (Fsp3) is 0.333. The summed E-state index contributed by atoms with van der Waals surface area (Å²) in [7, 11) is 0. The van der Waals surface area contributed by atoms with E-state index >= 15 is 0 Å². The number of rotatable bonds is 10. The van der Waals surface area contributed by atoms with Crippen LogP contribution < -0.4 is 0 Å². The van der Waals surface area contributed by atoms with Gasteiger partial charge in [-0.05, 0) is 16.7 Å². The topological polar surface area (TPSA) is 57.2 Å². The summed E-state index contributed by atoms with van der Waals surface area (Å²) in [5.74, 6) is 0. The highest BCUT2D eigenvalue weighted by molar-refractivity contribution is 5.15. The van der Waals surface area contributed by atoms with E-state index in [1.165, 1.54) is 0 Å². The highest BCUT2D eigenvalue weighted by atomic mass is 16.6. The molecule has 32 heavy (non-hydrogen) atoms. The Bertz CT molecular complexity index is 903. The van der Waals surface area contributed by atoms with Crippen LogP contribution in [0.1, 0.15) is 23.1 Å². The van der Waals surface area contributed by atoms with E-state index in [9.17, 15) is 5.11 Å². The van der Waals surface area contributed by atoms with Crippen molar-refractivity contribution in [2.24, 2.45) is 0 Å². The minimum Gasteiger partial charge on any atom is -0.374 e. The van der Waals surface area contributed by atoms with Gasteiger partial charge in [-0.3, -0.25) is 0 Å². The molecule has 0 aromatic heterocycles. The van der Waals surface area contributed by atoms with Crippen LogP contribution in [0.5, 0.6) is 0 Å². The van der Waals surface area contributed by atoms with Crippen molar-refractivity contribution < 1.29 is 24.1 Å². The fourth-order valence-electron chi connectivity index (χ4n) is 3.83. The summed E-state index contributed by atoms with van der Waals surface area (Å²) in [6, 6.07) is 30.0. The summed E-state index contributed by atoms with van der Waals surface area (Å²) in [6.45, 7) is 1.65. The van der Waals surface area contributed by atoms with E-state index in [1.807, 2.05) is 91.0 Å². The number of aliphatic hydroxyl groups excluding tert-OH is 1. The molecule has 1 aliphatic rings. The third kappa shape index (κ3) is 6.73. The predicted molar refractivity (Wildman–Crippen MR) is 122 cm³/mol. The molecule has 0 amide bonds. The minimum absolute atomic E-state index is 0.302. The number of hydrogen-bond acceptors (Lipinski definition) is 5. The molecule has 0 unspecified atom stereocenters. The van der Waals surface area contributed by atoms with Crippen LogP contribution in [0.2, 0.25) is 0 Å². The number of aliphatic hydroxyl groups is 1. The zero-order chi connectivity index (χ0) is 22.0. The minimum atomic E-state index is -0.919. The van der Waals surface area contributed by atoms with E-state index in [-0.39, 0.29) is 12.2 Å². The Hall–Kier alpha value is -2.54. The Morgan fingerprint density at radius 2 is 1.19 bits per heavy atom. The number of hydrogen-bond donors (Lipinski definition) is 1. The van der Waals surface area contributed by atoms with Gasteiger partial charge in [-0.25, -0.2) is 0 Å². The maximum Gasteiger partial charge on any atom is 0.157 e. The van der Waals surface area contributed by atoms with Crippen molar-refractivity contribution in [2.45, 2.75) is 50.8 Å². The Kier molecular flexibility index (Phi) is 8.42. The Balaban J connectivity index is 1.42. The molecule has 5 heteroatoms. The van der Waals surface area contributed by atoms with E-state index in [0.29, 0.717) is 32.8 Å². The average molecular weight is 435 g/mol. The molecular formula is C27H30O5. The lowest BCUT2D eigenvalue weighted by molar-refractivity contribution is -0.265. The molecule has 1 fully saturated rings. The van der Waals surface area contributed by atoms with Gasteiger partial charge in [0.15, 0.2) is 6.29 Å². The van der Waals surface area contributed by atoms with Gasteiger partial charge in [0.1, 0.15) is 12.2 Å². The Morgan fingerprint density at radius 1 is 0.688 bits per heavy atom. The highest BCUT2D eigenvalue weighted by Gasteiger charge is 2.40. The van der Waals surface area contributed by atoms with Crippen LogP contribution in [0.3, 0.4) is 0 Å². The van der Waals surface area contributed by atoms with E-state index < -0.39 is 12.4 Å². The van der Waals surface area contributed by atoms with Crippen molar-refractivity contribution in [2.75, 3.05) is 6.61 Å². The van der Waals surface area contributed by atoms with Gasteiger partial charge < -0.3 is 24.1 Å². The second-order valence-electron chi connectivity index (χ2n) is 7.96. The van der Waals surface area contributed by atoms with Crippen molar-refractivity contribution in [3.63, 3.8) is 0 Å². The summed E-state index contributed by atoms with van der Waals surface area (Å²) in [5.41, 5.74) is 3.24. The van der Waals surface area contributed by atoms with Crippen LogP contribution in [-0.2, 0) is 38.8 Å². The SMILES string of the molecule is O[C@@H]1C[C@@H](OCc2ccccc2)[C@@H](OCc2ccccc2)[C@H](COCc2ccccc2)O1. The van der Waals surface area contributed by atoms with Crippen LogP contribution in [0.4, 0.5) is 0 Å². The maximum absolute atomic E-state index is 10.4. The second-order valence-corrected chi connectivity index (χ2v) is 7.96. The molecule has 4 atom stereocenters. The first-order valence-corrected chi connectivity index (χ1v) is 11.0. The number of ether oxygens (including phenoxy) is 4. The molecule has 4 rings (SSSR count). The smallest absolute Gasteiger partial charge is 0.157 e. The van der Waals surface area contributed by atoms with Crippen molar-refractivity contribution in [1.82, 2.24) is 0 Å². The van der Waals surface area contributed by atoms with E-state index in [0.717, 1.165) is 16.7 Å². The van der Waals surface area contributed by atoms with E-state index in [1.54, 1.807) is 0 Å². The molecule has 0 saturated carbocycles. The molecule has 1 aliphatic heterocycles. The first-order valence-electron chi connectivity index (χ1n) is 11.0. The summed E-state index contributed by atoms with van der Waals surface area (Å²) >= 11 is 0. The summed E-state index contributed by atoms with van der Waals surface area (Å²) in [4.78, 5) is 0. The van der Waals surface area contributed by atoms with Gasteiger partial charge in [0, 0.05) is 6.42 Å². The molecule has 168 valence electrons. The van der Waals surface area contributed by atoms with Gasteiger partial charge in [0.2, 0.25) is 0 Å². The maximum atomic E-state index is 10.4. The molecule has 5 nitrogen and oxygen atoms in total. The normalized spacial score (nSPS) is 23.2. The van der Waals surface area contributed by atoms with Crippen molar-refractivity contribution >= 4 is 0 Å². The lowest BCUT2D eigenvalue weighted by Crippen LogP contribution is -2.52. The van der Waals surface area contributed by atoms with Crippen LogP contribution in [-0.4, -0.2) is 36.3 Å². The molecule has 0 spiro atoms. The van der Waals surface area contributed by atoms with Crippen molar-refractivity contribution in [3.05, 3.63) is 108 Å². The third-order valence-electron chi connectivity index (χ3n) is 5.48. The second kappa shape index (κ2) is 11.9. The summed E-state index contributed by atoms with van der Waals surface area (Å²) in [5, 5.41) is 10.4. The standard InChI is InChI=1S/C27H30O5/c28-26-16-24(30-18-22-12-6-2-7-13-22)27(31-19-23-14-8-3-9-15-23)25(32-26)20-29-17-21-10-4-1-5-11-21/h1-15,24-28H,16-20H2/t24-,25+,26+,27-/m1/s1. The van der Waals surface area contributed by atoms with Crippen molar-refractivity contribution in [3.8, 4) is 0 Å². The quantitative estimate of drug-likeness (QED) is 0.510. The van der Waals surface area contributed by atoms with Crippen LogP contribution in [0.25, 0.3) is 0 Å². The van der Waals surface area contributed by atoms with Gasteiger partial charge in [0.05, 0.1) is 32.5 Å². The van der Waals surface area contributed by atoms with Crippen molar-refractivity contribution in [1.29, 1.82) is 0 Å². The van der Waals surface area contributed by atoms with Gasteiger partial charge in [-0.1, -0.05) is 91.0 Å². The van der Waals surface area contributed by atoms with Gasteiger partial charge in [-0.15, -0.1) is 0 Å². The van der Waals surface area contributed by atoms with Crippen LogP contribution >= 0.6 is 0 Å². The average Bonchev–Trinajstić information content (AvgIpc) is 2.84. The molecule has 0 aliphatic carbocycles. The molecule has 0 radical (unpaired) electrons. The summed E-state index contributed by atoms with van der Waals surface area (Å²) in [6.07, 6.45) is -1.68.